The molecule has 0 radical (unpaired) electrons. The van der Waals surface area contributed by atoms with Gasteiger partial charge in [-0.25, -0.2) is 0 Å². The molecule has 0 aromatic carbocycles. The molecule has 1 N–H and O–H groups in total. The van der Waals surface area contributed by atoms with Gasteiger partial charge in [0.05, 0.1) is 0 Å². The Morgan fingerprint density at radius 3 is 2.23 bits per heavy atom. The fourth-order valence-corrected chi connectivity index (χ4v) is 0.978. The van der Waals surface area contributed by atoms with Crippen molar-refractivity contribution in [1.29, 1.82) is 0 Å². The van der Waals surface area contributed by atoms with Gasteiger partial charge in [0, 0.05) is 5.41 Å². The summed E-state index contributed by atoms with van der Waals surface area (Å²) < 4.78 is 22.0. The van der Waals surface area contributed by atoms with Crippen molar-refractivity contribution in [2.45, 2.75) is 27.2 Å². The van der Waals surface area contributed by atoms with Crippen LogP contribution in [0.3, 0.4) is 0 Å². The summed E-state index contributed by atoms with van der Waals surface area (Å²) in [5.41, 5.74) is -0.855. The number of nitrogens with one attached hydrogen (secondary N) is 1. The average Bonchev–Trinajstić information content (AvgIpc) is 1.84. The third kappa shape index (κ3) is 6.63. The van der Waals surface area contributed by atoms with Crippen LogP contribution in [-0.2, 0) is 9.36 Å². The van der Waals surface area contributed by atoms with Gasteiger partial charge in [0.1, 0.15) is 0 Å². The first-order chi connectivity index (χ1) is 5.19. The van der Waals surface area contributed by atoms with E-state index < -0.39 is 19.2 Å². The zero-order valence-corrected chi connectivity index (χ0v) is 11.2. The summed E-state index contributed by atoms with van der Waals surface area (Å²) in [7, 11) is -5.18. The van der Waals surface area contributed by atoms with E-state index in [2.05, 4.69) is 0 Å². The Morgan fingerprint density at radius 2 is 2.00 bits per heavy atom. The first kappa shape index (κ1) is 16.0. The molecule has 0 rings (SSSR count). The number of hydrogen-bond acceptors (Lipinski definition) is 3. The summed E-state index contributed by atoms with van der Waals surface area (Å²) >= 11 is 0. The van der Waals surface area contributed by atoms with Crippen molar-refractivity contribution < 1.29 is 48.0 Å². The van der Waals surface area contributed by atoms with Gasteiger partial charge in [-0.05, 0) is 6.42 Å². The van der Waals surface area contributed by atoms with Crippen LogP contribution < -0.4 is 39.5 Å². The molecule has 0 aliphatic rings. The van der Waals surface area contributed by atoms with Gasteiger partial charge in [0.2, 0.25) is 5.91 Å². The average molecular weight is 219 g/mol. The molecular formula is C6H12FNNaO3P. The van der Waals surface area contributed by atoms with Gasteiger partial charge >= 0.3 is 29.6 Å². The molecule has 0 spiro atoms. The first-order valence-electron chi connectivity index (χ1n) is 3.52. The standard InChI is InChI=1S/C6H13FNO3P.Na/c1-4-6(2,3)5(9)8-12(7,10)11;/h4H2,1-3H3,(H2,8,9,10,11);/q;+1/p-1. The zero-order chi connectivity index (χ0) is 9.99. The van der Waals surface area contributed by atoms with Crippen LogP contribution >= 0.6 is 7.83 Å². The smallest absolute Gasteiger partial charge is 0.758 e. The molecule has 1 unspecified atom stereocenters. The molecule has 0 saturated carbocycles. The van der Waals surface area contributed by atoms with E-state index in [4.69, 9.17) is 0 Å². The van der Waals surface area contributed by atoms with Crippen LogP contribution in [0.4, 0.5) is 4.20 Å². The molecule has 0 fully saturated rings. The molecule has 72 valence electrons. The van der Waals surface area contributed by atoms with Crippen molar-refractivity contribution in [3.63, 3.8) is 0 Å². The Morgan fingerprint density at radius 1 is 1.62 bits per heavy atom. The quantitative estimate of drug-likeness (QED) is 0.440. The van der Waals surface area contributed by atoms with Crippen LogP contribution in [0.5, 0.6) is 0 Å². The molecule has 0 bridgehead atoms. The number of halogens is 1. The molecule has 7 heteroatoms. The first-order valence-corrected chi connectivity index (χ1v) is 5.04. The van der Waals surface area contributed by atoms with Gasteiger partial charge in [-0.3, -0.25) is 14.4 Å². The zero-order valence-electron chi connectivity index (χ0n) is 8.26. The molecule has 0 aromatic rings. The largest absolute Gasteiger partial charge is 1.00 e. The Hall–Kier alpha value is 0.590. The Balaban J connectivity index is 0. The monoisotopic (exact) mass is 219 g/mol. The van der Waals surface area contributed by atoms with Gasteiger partial charge in [0.15, 0.2) is 0 Å². The normalized spacial score (nSPS) is 15.5. The maximum absolute atomic E-state index is 12.0. The van der Waals surface area contributed by atoms with E-state index in [-0.39, 0.29) is 29.6 Å². The van der Waals surface area contributed by atoms with Gasteiger partial charge in [-0.2, -0.15) is 4.20 Å². The number of rotatable bonds is 3. The molecule has 0 aliphatic carbocycles. The molecule has 0 heterocycles. The number of amides is 1. The van der Waals surface area contributed by atoms with Crippen molar-refractivity contribution in [1.82, 2.24) is 5.09 Å². The predicted octanol–water partition coefficient (Wildman–Crippen LogP) is -2.02. The van der Waals surface area contributed by atoms with E-state index in [0.717, 1.165) is 0 Å². The second-order valence-corrected chi connectivity index (χ2v) is 4.34. The maximum Gasteiger partial charge on any atom is 1.00 e. The van der Waals surface area contributed by atoms with E-state index in [1.54, 1.807) is 6.92 Å². The van der Waals surface area contributed by atoms with Crippen molar-refractivity contribution in [2.24, 2.45) is 5.41 Å². The van der Waals surface area contributed by atoms with E-state index in [1.807, 2.05) is 0 Å². The van der Waals surface area contributed by atoms with E-state index in [1.165, 1.54) is 18.9 Å². The SMILES string of the molecule is CCC(C)(C)C(=O)NP(=O)([O-])F.[Na+]. The molecule has 4 nitrogen and oxygen atoms in total. The second-order valence-electron chi connectivity index (χ2n) is 3.16. The van der Waals surface area contributed by atoms with E-state index >= 15 is 0 Å². The number of carbonyl (C=O) groups is 1. The van der Waals surface area contributed by atoms with Gasteiger partial charge < -0.3 is 4.89 Å². The molecule has 0 saturated heterocycles. The summed E-state index contributed by atoms with van der Waals surface area (Å²) in [5, 5.41) is 1.30. The fraction of sp³-hybridized carbons (Fsp3) is 0.833. The topological polar surface area (TPSA) is 69.2 Å². The van der Waals surface area contributed by atoms with Crippen LogP contribution in [0.25, 0.3) is 0 Å². The summed E-state index contributed by atoms with van der Waals surface area (Å²) in [5.74, 6) is -0.814. The summed E-state index contributed by atoms with van der Waals surface area (Å²) in [4.78, 5) is 21.0. The third-order valence-corrected chi connectivity index (χ3v) is 2.20. The molecule has 0 aromatic heterocycles. The Bertz CT molecular complexity index is 228. The minimum Gasteiger partial charge on any atom is -0.758 e. The maximum atomic E-state index is 12.0. The van der Waals surface area contributed by atoms with Crippen molar-refractivity contribution in [2.75, 3.05) is 0 Å². The van der Waals surface area contributed by atoms with Crippen LogP contribution in [-0.4, -0.2) is 5.91 Å². The molecule has 1 amide bonds. The number of hydrogen-bond donors (Lipinski definition) is 1. The Kier molecular flexibility index (Phi) is 6.74. The van der Waals surface area contributed by atoms with Gasteiger partial charge in [-0.15, -0.1) is 0 Å². The minimum atomic E-state index is -5.18. The fourth-order valence-electron chi connectivity index (χ4n) is 0.433. The van der Waals surface area contributed by atoms with Crippen LogP contribution in [0.2, 0.25) is 0 Å². The summed E-state index contributed by atoms with van der Waals surface area (Å²) in [6.45, 7) is 4.80. The van der Waals surface area contributed by atoms with Gasteiger partial charge in [0.25, 0.3) is 7.83 Å². The van der Waals surface area contributed by atoms with Crippen molar-refractivity contribution in [3.8, 4) is 0 Å². The van der Waals surface area contributed by atoms with E-state index in [9.17, 15) is 18.4 Å². The molecule has 0 aliphatic heterocycles. The van der Waals surface area contributed by atoms with Crippen LogP contribution in [0, 0.1) is 5.41 Å². The Labute approximate surface area is 99.2 Å². The third-order valence-electron chi connectivity index (χ3n) is 1.73. The molecule has 1 atom stereocenters. The van der Waals surface area contributed by atoms with Crippen molar-refractivity contribution >= 4 is 13.7 Å². The number of carbonyl (C=O) groups excluding carboxylic acids is 1. The second kappa shape index (κ2) is 5.47. The molecule has 13 heavy (non-hydrogen) atoms. The van der Waals surface area contributed by atoms with Crippen LogP contribution in [0.1, 0.15) is 27.2 Å². The summed E-state index contributed by atoms with van der Waals surface area (Å²) in [6, 6.07) is 0. The van der Waals surface area contributed by atoms with Crippen LogP contribution in [0.15, 0.2) is 0 Å². The van der Waals surface area contributed by atoms with Crippen molar-refractivity contribution in [3.05, 3.63) is 0 Å². The summed E-state index contributed by atoms with van der Waals surface area (Å²) in [6.07, 6.45) is 0.443. The predicted molar refractivity (Wildman–Crippen MR) is 40.9 cm³/mol. The molecular weight excluding hydrogens is 207 g/mol. The minimum absolute atomic E-state index is 0. The van der Waals surface area contributed by atoms with Gasteiger partial charge in [-0.1, -0.05) is 20.8 Å². The van der Waals surface area contributed by atoms with E-state index in [0.29, 0.717) is 6.42 Å².